The summed E-state index contributed by atoms with van der Waals surface area (Å²) in [6.45, 7) is 1.32. The lowest BCUT2D eigenvalue weighted by molar-refractivity contribution is -0.136. The zero-order valence-electron chi connectivity index (χ0n) is 20.5. The van der Waals surface area contributed by atoms with Gasteiger partial charge in [-0.1, -0.05) is 42.5 Å². The second-order valence-electron chi connectivity index (χ2n) is 8.54. The van der Waals surface area contributed by atoms with Crippen LogP contribution in [-0.2, 0) is 11.3 Å². The number of aromatic hydroxyl groups is 4. The van der Waals surface area contributed by atoms with Gasteiger partial charge in [-0.2, -0.15) is 0 Å². The molecule has 0 unspecified atom stereocenters. The van der Waals surface area contributed by atoms with Crippen LogP contribution in [-0.4, -0.2) is 73.4 Å². The average molecular weight is 524 g/mol. The molecule has 3 aromatic rings. The Balaban J connectivity index is 1.78. The minimum absolute atomic E-state index is 0.0322. The molecule has 2 atom stereocenters. The maximum Gasteiger partial charge on any atom is 0.255 e. The van der Waals surface area contributed by atoms with Crippen LogP contribution < -0.4 is 10.6 Å². The molecule has 0 bridgehead atoms. The molecular formula is C27H29N3O8. The van der Waals surface area contributed by atoms with E-state index in [9.17, 15) is 39.9 Å². The highest BCUT2D eigenvalue weighted by Crippen LogP contribution is 2.29. The van der Waals surface area contributed by atoms with Gasteiger partial charge in [-0.25, -0.2) is 0 Å². The molecule has 0 aromatic heterocycles. The maximum absolute atomic E-state index is 13.5. The average Bonchev–Trinajstić information content (AvgIpc) is 2.89. The summed E-state index contributed by atoms with van der Waals surface area (Å²) < 4.78 is 0. The minimum atomic E-state index is -1.42. The predicted molar refractivity (Wildman–Crippen MR) is 137 cm³/mol. The van der Waals surface area contributed by atoms with Crippen molar-refractivity contribution in [1.82, 2.24) is 15.5 Å². The van der Waals surface area contributed by atoms with Crippen molar-refractivity contribution in [2.75, 3.05) is 13.1 Å². The number of aliphatic hydroxyl groups is 1. The largest absolute Gasteiger partial charge is 0.504 e. The first kappa shape index (κ1) is 27.8. The van der Waals surface area contributed by atoms with E-state index in [1.807, 2.05) is 0 Å². The van der Waals surface area contributed by atoms with Crippen LogP contribution >= 0.6 is 0 Å². The number of carbonyl (C=O) groups excluding carboxylic acids is 3. The van der Waals surface area contributed by atoms with Gasteiger partial charge in [-0.15, -0.1) is 0 Å². The van der Waals surface area contributed by atoms with Gasteiger partial charge in [0.05, 0.1) is 17.2 Å². The molecule has 0 spiro atoms. The van der Waals surface area contributed by atoms with E-state index in [1.165, 1.54) is 48.2 Å². The summed E-state index contributed by atoms with van der Waals surface area (Å²) >= 11 is 0. The van der Waals surface area contributed by atoms with Crippen LogP contribution in [0.25, 0.3) is 0 Å². The van der Waals surface area contributed by atoms with Crippen LogP contribution in [0.1, 0.15) is 33.2 Å². The number of carbonyl (C=O) groups is 3. The van der Waals surface area contributed by atoms with Crippen LogP contribution in [0.15, 0.2) is 66.7 Å². The minimum Gasteiger partial charge on any atom is -0.504 e. The number of phenolic OH excluding ortho intramolecular Hbond substituents is 4. The first-order valence-electron chi connectivity index (χ1n) is 11.7. The molecule has 0 aliphatic rings. The second-order valence-corrected chi connectivity index (χ2v) is 8.54. The van der Waals surface area contributed by atoms with E-state index in [4.69, 9.17) is 0 Å². The Morgan fingerprint density at radius 3 is 1.89 bits per heavy atom. The molecule has 3 rings (SSSR count). The van der Waals surface area contributed by atoms with Gasteiger partial charge in [-0.3, -0.25) is 14.4 Å². The molecule has 11 heteroatoms. The van der Waals surface area contributed by atoms with E-state index in [0.717, 1.165) is 5.56 Å². The Kier molecular flexibility index (Phi) is 9.12. The lowest BCUT2D eigenvalue weighted by atomic mass is 10.1. The number of phenols is 4. The Hall–Kier alpha value is -4.77. The summed E-state index contributed by atoms with van der Waals surface area (Å²) in [6.07, 6.45) is -1.33. The number of nitrogens with one attached hydrogen (secondary N) is 2. The molecule has 0 saturated heterocycles. The highest BCUT2D eigenvalue weighted by molar-refractivity contribution is 6.00. The number of benzene rings is 3. The zero-order valence-corrected chi connectivity index (χ0v) is 20.5. The van der Waals surface area contributed by atoms with Gasteiger partial charge in [0.2, 0.25) is 5.91 Å². The molecule has 0 heterocycles. The summed E-state index contributed by atoms with van der Waals surface area (Å²) in [7, 11) is 0. The molecule has 0 aliphatic carbocycles. The SMILES string of the molecule is C[C@@H](O)[C@H](NC(=O)c1cccc(O)c1O)C(=O)N(CCNC(=O)c1cccc(O)c1O)Cc1ccccc1. The van der Waals surface area contributed by atoms with Crippen molar-refractivity contribution in [3.8, 4) is 23.0 Å². The molecule has 11 nitrogen and oxygen atoms in total. The van der Waals surface area contributed by atoms with Crippen molar-refractivity contribution >= 4 is 17.7 Å². The Labute approximate surface area is 218 Å². The van der Waals surface area contributed by atoms with Crippen LogP contribution in [0.2, 0.25) is 0 Å². The first-order valence-corrected chi connectivity index (χ1v) is 11.7. The third-order valence-corrected chi connectivity index (χ3v) is 5.75. The molecule has 0 saturated carbocycles. The van der Waals surface area contributed by atoms with Gasteiger partial charge in [0, 0.05) is 19.6 Å². The van der Waals surface area contributed by atoms with Crippen LogP contribution in [0.5, 0.6) is 23.0 Å². The van der Waals surface area contributed by atoms with Gasteiger partial charge in [0.1, 0.15) is 6.04 Å². The Morgan fingerprint density at radius 1 is 0.789 bits per heavy atom. The summed E-state index contributed by atoms with van der Waals surface area (Å²) in [5.41, 5.74) is 0.321. The third kappa shape index (κ3) is 6.71. The molecular weight excluding hydrogens is 494 g/mol. The fourth-order valence-corrected chi connectivity index (χ4v) is 3.70. The number of hydrogen-bond acceptors (Lipinski definition) is 8. The standard InChI is InChI=1S/C27H29N3O8/c1-16(31)22(29-26(37)19-10-6-12-21(33)24(19)35)27(38)30(15-17-7-3-2-4-8-17)14-13-28-25(36)18-9-5-11-20(32)23(18)34/h2-12,16,22,31-35H,13-15H2,1H3,(H,28,36)(H,29,37)/t16-,22+/m1/s1. The predicted octanol–water partition coefficient (Wildman–Crippen LogP) is 1.45. The number of para-hydroxylation sites is 2. The molecule has 7 N–H and O–H groups in total. The lowest BCUT2D eigenvalue weighted by Gasteiger charge is -2.29. The number of aliphatic hydroxyl groups excluding tert-OH is 1. The highest BCUT2D eigenvalue weighted by Gasteiger charge is 2.31. The third-order valence-electron chi connectivity index (χ3n) is 5.75. The Morgan fingerprint density at radius 2 is 1.34 bits per heavy atom. The van der Waals surface area contributed by atoms with Crippen molar-refractivity contribution < 1.29 is 39.9 Å². The highest BCUT2D eigenvalue weighted by atomic mass is 16.3. The van der Waals surface area contributed by atoms with E-state index in [2.05, 4.69) is 10.6 Å². The molecule has 0 aliphatic heterocycles. The van der Waals surface area contributed by atoms with Gasteiger partial charge in [0.25, 0.3) is 11.8 Å². The lowest BCUT2D eigenvalue weighted by Crippen LogP contribution is -2.54. The molecule has 3 amide bonds. The number of amides is 3. The smallest absolute Gasteiger partial charge is 0.255 e. The number of rotatable bonds is 10. The van der Waals surface area contributed by atoms with Gasteiger partial charge < -0.3 is 41.1 Å². The van der Waals surface area contributed by atoms with Crippen molar-refractivity contribution in [3.05, 3.63) is 83.4 Å². The van der Waals surface area contributed by atoms with Gasteiger partial charge in [0.15, 0.2) is 23.0 Å². The van der Waals surface area contributed by atoms with Gasteiger partial charge >= 0.3 is 0 Å². The molecule has 0 fully saturated rings. The first-order chi connectivity index (χ1) is 18.1. The molecule has 3 aromatic carbocycles. The number of hydrogen-bond donors (Lipinski definition) is 7. The molecule has 38 heavy (non-hydrogen) atoms. The van der Waals surface area contributed by atoms with Gasteiger partial charge in [-0.05, 0) is 36.8 Å². The fraction of sp³-hybridized carbons (Fsp3) is 0.222. The summed E-state index contributed by atoms with van der Waals surface area (Å²) in [4.78, 5) is 40.1. The maximum atomic E-state index is 13.5. The van der Waals surface area contributed by atoms with Crippen molar-refractivity contribution in [2.24, 2.45) is 0 Å². The second kappa shape index (κ2) is 12.5. The van der Waals surface area contributed by atoms with Crippen LogP contribution in [0.4, 0.5) is 0 Å². The van der Waals surface area contributed by atoms with E-state index >= 15 is 0 Å². The zero-order chi connectivity index (χ0) is 27.8. The van der Waals surface area contributed by atoms with Crippen molar-refractivity contribution in [3.63, 3.8) is 0 Å². The van der Waals surface area contributed by atoms with E-state index in [1.54, 1.807) is 30.3 Å². The van der Waals surface area contributed by atoms with E-state index in [0.29, 0.717) is 0 Å². The topological polar surface area (TPSA) is 180 Å². The summed E-state index contributed by atoms with van der Waals surface area (Å²) in [6, 6.07) is 15.3. The van der Waals surface area contributed by atoms with Crippen molar-refractivity contribution in [2.45, 2.75) is 25.6 Å². The quantitative estimate of drug-likeness (QED) is 0.195. The fourth-order valence-electron chi connectivity index (χ4n) is 3.70. The Bertz CT molecular complexity index is 1300. The molecule has 0 radical (unpaired) electrons. The van der Waals surface area contributed by atoms with Crippen molar-refractivity contribution in [1.29, 1.82) is 0 Å². The summed E-state index contributed by atoms with van der Waals surface area (Å²) in [5, 5.41) is 54.6. The van der Waals surface area contributed by atoms with E-state index < -0.39 is 52.9 Å². The van der Waals surface area contributed by atoms with Crippen LogP contribution in [0.3, 0.4) is 0 Å². The number of nitrogens with zero attached hydrogens (tertiary/aromatic N) is 1. The van der Waals surface area contributed by atoms with E-state index in [-0.39, 0.29) is 30.8 Å². The van der Waals surface area contributed by atoms with Crippen LogP contribution in [0, 0.1) is 0 Å². The molecule has 200 valence electrons. The monoisotopic (exact) mass is 523 g/mol. The summed E-state index contributed by atoms with van der Waals surface area (Å²) in [5.74, 6) is -4.43. The normalized spacial score (nSPS) is 12.3.